The Morgan fingerprint density at radius 3 is 2.95 bits per heavy atom. The van der Waals surface area contributed by atoms with Gasteiger partial charge < -0.3 is 10.6 Å². The number of amides is 1. The first-order valence-electron chi connectivity index (χ1n) is 6.43. The van der Waals surface area contributed by atoms with Crippen molar-refractivity contribution >= 4 is 11.6 Å². The fourth-order valence-corrected chi connectivity index (χ4v) is 2.56. The first kappa shape index (κ1) is 12.1. The van der Waals surface area contributed by atoms with Crippen LogP contribution in [0.1, 0.15) is 28.2 Å². The van der Waals surface area contributed by atoms with Gasteiger partial charge in [-0.2, -0.15) is 5.10 Å². The average molecular weight is 259 g/mol. The van der Waals surface area contributed by atoms with E-state index in [1.165, 1.54) is 0 Å². The standard InChI is InChI=1S/C13H17N5O/c1-8-5-9(2)18-12(16-8)11(6-15-18)13(19)17-4-3-10(14)7-17/h5-6,10H,3-4,7,14H2,1-2H3/t10-/m1/s1. The van der Waals surface area contributed by atoms with Crippen LogP contribution in [0.5, 0.6) is 0 Å². The van der Waals surface area contributed by atoms with Crippen LogP contribution in [0, 0.1) is 13.8 Å². The highest BCUT2D eigenvalue weighted by Crippen LogP contribution is 2.17. The molecule has 1 amide bonds. The molecule has 1 fully saturated rings. The molecular weight excluding hydrogens is 242 g/mol. The molecule has 1 aliphatic heterocycles. The Hall–Kier alpha value is -1.95. The molecular formula is C13H17N5O. The van der Waals surface area contributed by atoms with Crippen LogP contribution in [0.3, 0.4) is 0 Å². The Bertz CT molecular complexity index is 648. The van der Waals surface area contributed by atoms with Crippen molar-refractivity contribution in [3.63, 3.8) is 0 Å². The molecule has 0 saturated carbocycles. The van der Waals surface area contributed by atoms with Crippen molar-refractivity contribution in [3.8, 4) is 0 Å². The van der Waals surface area contributed by atoms with Crippen LogP contribution in [0.4, 0.5) is 0 Å². The Morgan fingerprint density at radius 1 is 1.47 bits per heavy atom. The van der Waals surface area contributed by atoms with Crippen LogP contribution in [-0.2, 0) is 0 Å². The van der Waals surface area contributed by atoms with Gasteiger partial charge in [0.15, 0.2) is 5.65 Å². The maximum absolute atomic E-state index is 12.5. The first-order chi connectivity index (χ1) is 9.06. The lowest BCUT2D eigenvalue weighted by molar-refractivity contribution is 0.0792. The molecule has 0 spiro atoms. The van der Waals surface area contributed by atoms with E-state index in [9.17, 15) is 4.79 Å². The van der Waals surface area contributed by atoms with E-state index >= 15 is 0 Å². The van der Waals surface area contributed by atoms with Gasteiger partial charge in [-0.15, -0.1) is 0 Å². The van der Waals surface area contributed by atoms with E-state index in [0.717, 1.165) is 17.8 Å². The van der Waals surface area contributed by atoms with Crippen molar-refractivity contribution < 1.29 is 4.79 Å². The Kier molecular flexibility index (Phi) is 2.74. The zero-order valence-electron chi connectivity index (χ0n) is 11.1. The molecule has 1 aliphatic rings. The molecule has 2 N–H and O–H groups in total. The summed E-state index contributed by atoms with van der Waals surface area (Å²) in [6.45, 7) is 5.19. The van der Waals surface area contributed by atoms with Gasteiger partial charge in [0.1, 0.15) is 5.56 Å². The summed E-state index contributed by atoms with van der Waals surface area (Å²) in [6, 6.07) is 2.03. The smallest absolute Gasteiger partial charge is 0.259 e. The minimum atomic E-state index is -0.0274. The molecule has 1 atom stereocenters. The van der Waals surface area contributed by atoms with E-state index in [4.69, 9.17) is 5.73 Å². The van der Waals surface area contributed by atoms with E-state index in [2.05, 4.69) is 10.1 Å². The highest BCUT2D eigenvalue weighted by atomic mass is 16.2. The predicted molar refractivity (Wildman–Crippen MR) is 71.0 cm³/mol. The Labute approximate surface area is 111 Å². The van der Waals surface area contributed by atoms with Crippen LogP contribution in [0.25, 0.3) is 5.65 Å². The summed E-state index contributed by atoms with van der Waals surface area (Å²) in [5.41, 5.74) is 8.89. The van der Waals surface area contributed by atoms with Crippen LogP contribution in [0.15, 0.2) is 12.3 Å². The second-order valence-electron chi connectivity index (χ2n) is 5.13. The zero-order valence-corrected chi connectivity index (χ0v) is 11.1. The van der Waals surface area contributed by atoms with E-state index in [1.54, 1.807) is 15.6 Å². The van der Waals surface area contributed by atoms with E-state index in [1.807, 2.05) is 19.9 Å². The molecule has 3 heterocycles. The summed E-state index contributed by atoms with van der Waals surface area (Å²) >= 11 is 0. The lowest BCUT2D eigenvalue weighted by Gasteiger charge is -2.14. The maximum Gasteiger partial charge on any atom is 0.259 e. The number of carbonyl (C=O) groups excluding carboxylic acids is 1. The normalized spacial score (nSPS) is 19.3. The molecule has 2 aromatic heterocycles. The third kappa shape index (κ3) is 1.98. The molecule has 0 aromatic carbocycles. The maximum atomic E-state index is 12.5. The number of aryl methyl sites for hydroxylation is 2. The molecule has 2 aromatic rings. The third-order valence-corrected chi connectivity index (χ3v) is 3.52. The molecule has 0 unspecified atom stereocenters. The van der Waals surface area contributed by atoms with E-state index in [0.29, 0.717) is 24.3 Å². The third-order valence-electron chi connectivity index (χ3n) is 3.52. The van der Waals surface area contributed by atoms with Crippen LogP contribution < -0.4 is 5.73 Å². The summed E-state index contributed by atoms with van der Waals surface area (Å²) in [4.78, 5) is 18.7. The number of rotatable bonds is 1. The molecule has 6 nitrogen and oxygen atoms in total. The highest BCUT2D eigenvalue weighted by Gasteiger charge is 2.27. The van der Waals surface area contributed by atoms with Gasteiger partial charge in [-0.1, -0.05) is 0 Å². The van der Waals surface area contributed by atoms with Gasteiger partial charge in [0.05, 0.1) is 6.20 Å². The van der Waals surface area contributed by atoms with Gasteiger partial charge in [0, 0.05) is 30.5 Å². The van der Waals surface area contributed by atoms with Crippen LogP contribution in [0.2, 0.25) is 0 Å². The van der Waals surface area contributed by atoms with Crippen LogP contribution >= 0.6 is 0 Å². The van der Waals surface area contributed by atoms with Crippen molar-refractivity contribution in [2.75, 3.05) is 13.1 Å². The zero-order chi connectivity index (χ0) is 13.6. The van der Waals surface area contributed by atoms with Gasteiger partial charge in [-0.25, -0.2) is 9.50 Å². The van der Waals surface area contributed by atoms with E-state index < -0.39 is 0 Å². The molecule has 100 valence electrons. The average Bonchev–Trinajstić information content (AvgIpc) is 2.94. The van der Waals surface area contributed by atoms with Crippen LogP contribution in [-0.4, -0.2) is 44.5 Å². The van der Waals surface area contributed by atoms with Gasteiger partial charge in [0.2, 0.25) is 0 Å². The monoisotopic (exact) mass is 259 g/mol. The molecule has 19 heavy (non-hydrogen) atoms. The van der Waals surface area contributed by atoms with Crippen molar-refractivity contribution in [2.24, 2.45) is 5.73 Å². The topological polar surface area (TPSA) is 76.5 Å². The summed E-state index contributed by atoms with van der Waals surface area (Å²) in [6.07, 6.45) is 2.46. The number of nitrogens with zero attached hydrogens (tertiary/aromatic N) is 4. The number of nitrogens with two attached hydrogens (primary N) is 1. The number of carbonyl (C=O) groups is 1. The molecule has 0 aliphatic carbocycles. The SMILES string of the molecule is Cc1cc(C)n2ncc(C(=O)N3CC[C@@H](N)C3)c2n1. The van der Waals surface area contributed by atoms with Crippen molar-refractivity contribution in [1.29, 1.82) is 0 Å². The Morgan fingerprint density at radius 2 is 2.26 bits per heavy atom. The van der Waals surface area contributed by atoms with Crippen molar-refractivity contribution in [1.82, 2.24) is 19.5 Å². The minimum Gasteiger partial charge on any atom is -0.337 e. The fourth-order valence-electron chi connectivity index (χ4n) is 2.56. The number of fused-ring (bicyclic) bond motifs is 1. The van der Waals surface area contributed by atoms with Crippen molar-refractivity contribution in [2.45, 2.75) is 26.3 Å². The second kappa shape index (κ2) is 4.31. The largest absolute Gasteiger partial charge is 0.337 e. The summed E-state index contributed by atoms with van der Waals surface area (Å²) in [5, 5.41) is 4.25. The molecule has 0 bridgehead atoms. The highest BCUT2D eigenvalue weighted by molar-refractivity contribution is 5.99. The summed E-state index contributed by atoms with van der Waals surface area (Å²) in [7, 11) is 0. The second-order valence-corrected chi connectivity index (χ2v) is 5.13. The quantitative estimate of drug-likeness (QED) is 0.810. The number of hydrogen-bond donors (Lipinski definition) is 1. The molecule has 6 heteroatoms. The van der Waals surface area contributed by atoms with Crippen molar-refractivity contribution in [3.05, 3.63) is 29.2 Å². The number of hydrogen-bond acceptors (Lipinski definition) is 4. The lowest BCUT2D eigenvalue weighted by Crippen LogP contribution is -2.31. The summed E-state index contributed by atoms with van der Waals surface area (Å²) in [5.74, 6) is -0.0274. The molecule has 0 radical (unpaired) electrons. The van der Waals surface area contributed by atoms with Gasteiger partial charge in [-0.3, -0.25) is 4.79 Å². The Balaban J connectivity index is 2.03. The molecule has 1 saturated heterocycles. The minimum absolute atomic E-state index is 0.0274. The van der Waals surface area contributed by atoms with Gasteiger partial charge in [-0.05, 0) is 26.3 Å². The number of aromatic nitrogens is 3. The van der Waals surface area contributed by atoms with E-state index in [-0.39, 0.29) is 11.9 Å². The predicted octanol–water partition coefficient (Wildman–Crippen LogP) is 0.519. The van der Waals surface area contributed by atoms with Gasteiger partial charge >= 0.3 is 0 Å². The lowest BCUT2D eigenvalue weighted by atomic mass is 10.2. The first-order valence-corrected chi connectivity index (χ1v) is 6.43. The molecule has 3 rings (SSSR count). The number of likely N-dealkylation sites (tertiary alicyclic amines) is 1. The fraction of sp³-hybridized carbons (Fsp3) is 0.462. The van der Waals surface area contributed by atoms with Gasteiger partial charge in [0.25, 0.3) is 5.91 Å². The summed E-state index contributed by atoms with van der Waals surface area (Å²) < 4.78 is 1.70.